The molecular formula is C22H26N8O. The Labute approximate surface area is 180 Å². The smallest absolute Gasteiger partial charge is 0.228 e. The van der Waals surface area contributed by atoms with Gasteiger partial charge < -0.3 is 20.3 Å². The molecule has 3 aromatic heterocycles. The number of nitrogens with one attached hydrogen (secondary N) is 2. The summed E-state index contributed by atoms with van der Waals surface area (Å²) < 4.78 is 7.70. The first-order valence-corrected chi connectivity index (χ1v) is 11.0. The second-order valence-electron chi connectivity index (χ2n) is 8.31. The average Bonchev–Trinajstić information content (AvgIpc) is 3.50. The highest BCUT2D eigenvalue weighted by Crippen LogP contribution is 2.35. The molecule has 0 bridgehead atoms. The average molecular weight is 419 g/mol. The molecule has 1 atom stereocenters. The molecule has 6 rings (SSSR count). The normalized spacial score (nSPS) is 20.4. The zero-order valence-corrected chi connectivity index (χ0v) is 17.4. The van der Waals surface area contributed by atoms with Crippen LogP contribution in [0.25, 0.3) is 11.4 Å². The van der Waals surface area contributed by atoms with Gasteiger partial charge in [-0.25, -0.2) is 15.0 Å². The lowest BCUT2D eigenvalue weighted by Crippen LogP contribution is -2.43. The van der Waals surface area contributed by atoms with E-state index in [1.807, 2.05) is 24.7 Å². The standard InChI is InChI=1S/C22H26N8O/c1-2-16-12-26-30(18-5-10-31-14-18)21(16)20-15(1)11-25-22(28-20)27-19-4-3-17(13-24-19)29-8-6-23-7-9-29/h3-4,11-13,18,23H,1-2,5-10,14H2,(H,24,25,27,28)/t18-/m1/s1. The van der Waals surface area contributed by atoms with Gasteiger partial charge in [0, 0.05) is 44.5 Å². The predicted octanol–water partition coefficient (Wildman–Crippen LogP) is 1.95. The monoisotopic (exact) mass is 418 g/mol. The van der Waals surface area contributed by atoms with E-state index in [1.54, 1.807) is 0 Å². The van der Waals surface area contributed by atoms with Crippen LogP contribution in [0.15, 0.2) is 30.7 Å². The largest absolute Gasteiger partial charge is 0.379 e. The lowest BCUT2D eigenvalue weighted by Gasteiger charge is -2.29. The zero-order valence-electron chi connectivity index (χ0n) is 17.4. The van der Waals surface area contributed by atoms with Gasteiger partial charge in [-0.15, -0.1) is 0 Å². The van der Waals surface area contributed by atoms with Gasteiger partial charge in [-0.2, -0.15) is 5.10 Å². The molecule has 0 aromatic carbocycles. The van der Waals surface area contributed by atoms with Gasteiger partial charge in [-0.3, -0.25) is 4.68 Å². The first-order valence-electron chi connectivity index (χ1n) is 11.0. The van der Waals surface area contributed by atoms with E-state index in [-0.39, 0.29) is 6.04 Å². The van der Waals surface area contributed by atoms with Crippen molar-refractivity contribution in [1.29, 1.82) is 0 Å². The van der Waals surface area contributed by atoms with E-state index in [1.165, 1.54) is 11.1 Å². The summed E-state index contributed by atoms with van der Waals surface area (Å²) in [7, 11) is 0. The summed E-state index contributed by atoms with van der Waals surface area (Å²) in [5, 5.41) is 11.3. The minimum absolute atomic E-state index is 0.278. The third-order valence-corrected chi connectivity index (χ3v) is 6.35. The van der Waals surface area contributed by atoms with Gasteiger partial charge >= 0.3 is 0 Å². The number of aromatic nitrogens is 5. The number of aryl methyl sites for hydroxylation is 2. The first kappa shape index (κ1) is 18.7. The molecule has 1 aliphatic carbocycles. The Kier molecular flexibility index (Phi) is 4.77. The Morgan fingerprint density at radius 1 is 1.03 bits per heavy atom. The van der Waals surface area contributed by atoms with Gasteiger partial charge in [0.2, 0.25) is 5.95 Å². The molecule has 5 heterocycles. The van der Waals surface area contributed by atoms with Crippen molar-refractivity contribution in [2.24, 2.45) is 0 Å². The molecular weight excluding hydrogens is 392 g/mol. The van der Waals surface area contributed by atoms with Crippen molar-refractivity contribution in [2.75, 3.05) is 49.6 Å². The number of rotatable bonds is 4. The van der Waals surface area contributed by atoms with Gasteiger partial charge in [0.05, 0.1) is 42.1 Å². The van der Waals surface area contributed by atoms with E-state index in [0.717, 1.165) is 74.9 Å². The molecule has 0 spiro atoms. The molecule has 2 saturated heterocycles. The van der Waals surface area contributed by atoms with Crippen molar-refractivity contribution >= 4 is 17.5 Å². The molecule has 3 aromatic rings. The van der Waals surface area contributed by atoms with Crippen molar-refractivity contribution in [2.45, 2.75) is 25.3 Å². The van der Waals surface area contributed by atoms with E-state index in [0.29, 0.717) is 12.6 Å². The maximum Gasteiger partial charge on any atom is 0.228 e. The third kappa shape index (κ3) is 3.53. The van der Waals surface area contributed by atoms with E-state index < -0.39 is 0 Å². The van der Waals surface area contributed by atoms with Crippen molar-refractivity contribution in [1.82, 2.24) is 30.0 Å². The van der Waals surface area contributed by atoms with Crippen LogP contribution >= 0.6 is 0 Å². The van der Waals surface area contributed by atoms with Gasteiger partial charge in [0.15, 0.2) is 0 Å². The van der Waals surface area contributed by atoms with Crippen LogP contribution in [0.1, 0.15) is 23.6 Å². The minimum atomic E-state index is 0.278. The summed E-state index contributed by atoms with van der Waals surface area (Å²) in [6, 6.07) is 4.37. The summed E-state index contributed by atoms with van der Waals surface area (Å²) in [6.45, 7) is 5.53. The first-order chi connectivity index (χ1) is 15.3. The van der Waals surface area contributed by atoms with Crippen molar-refractivity contribution < 1.29 is 4.74 Å². The topological polar surface area (TPSA) is 93.0 Å². The summed E-state index contributed by atoms with van der Waals surface area (Å²) in [6.07, 6.45) is 8.74. The number of piperazine rings is 1. The fraction of sp³-hybridized carbons (Fsp3) is 0.455. The van der Waals surface area contributed by atoms with Gasteiger partial charge in [-0.1, -0.05) is 0 Å². The summed E-state index contributed by atoms with van der Waals surface area (Å²) in [4.78, 5) is 16.4. The number of fused-ring (bicyclic) bond motifs is 3. The second-order valence-corrected chi connectivity index (χ2v) is 8.31. The van der Waals surface area contributed by atoms with E-state index in [4.69, 9.17) is 9.72 Å². The van der Waals surface area contributed by atoms with E-state index >= 15 is 0 Å². The number of hydrogen-bond donors (Lipinski definition) is 2. The molecule has 160 valence electrons. The molecule has 2 fully saturated rings. The highest BCUT2D eigenvalue weighted by molar-refractivity contribution is 5.67. The molecule has 31 heavy (non-hydrogen) atoms. The number of nitrogens with zero attached hydrogens (tertiary/aromatic N) is 6. The predicted molar refractivity (Wildman–Crippen MR) is 118 cm³/mol. The molecule has 3 aliphatic rings. The Balaban J connectivity index is 1.26. The molecule has 9 nitrogen and oxygen atoms in total. The van der Waals surface area contributed by atoms with Crippen LogP contribution in [0.5, 0.6) is 0 Å². The number of pyridine rings is 1. The Bertz CT molecular complexity index is 1070. The fourth-order valence-corrected chi connectivity index (χ4v) is 4.64. The fourth-order valence-electron chi connectivity index (χ4n) is 4.64. The summed E-state index contributed by atoms with van der Waals surface area (Å²) >= 11 is 0. The van der Waals surface area contributed by atoms with Crippen molar-refractivity contribution in [3.63, 3.8) is 0 Å². The molecule has 0 radical (unpaired) electrons. The molecule has 2 N–H and O–H groups in total. The maximum atomic E-state index is 5.59. The Morgan fingerprint density at radius 3 is 2.74 bits per heavy atom. The molecule has 9 heteroatoms. The SMILES string of the molecule is c1cc(Nc2ncc3c(n2)-c2c(cnn2[C@@H]2CCOC2)CC3)ncc1N1CCNCC1. The zero-order chi connectivity index (χ0) is 20.6. The van der Waals surface area contributed by atoms with Crippen LogP contribution in [0.3, 0.4) is 0 Å². The lowest BCUT2D eigenvalue weighted by molar-refractivity contribution is 0.185. The van der Waals surface area contributed by atoms with Crippen molar-refractivity contribution in [3.05, 3.63) is 41.9 Å². The van der Waals surface area contributed by atoms with Crippen LogP contribution in [-0.2, 0) is 17.6 Å². The second kappa shape index (κ2) is 7.90. The Morgan fingerprint density at radius 2 is 1.94 bits per heavy atom. The van der Waals surface area contributed by atoms with Crippen LogP contribution in [0, 0.1) is 0 Å². The third-order valence-electron chi connectivity index (χ3n) is 6.35. The van der Waals surface area contributed by atoms with E-state index in [9.17, 15) is 0 Å². The summed E-state index contributed by atoms with van der Waals surface area (Å²) in [5.74, 6) is 1.30. The van der Waals surface area contributed by atoms with Crippen LogP contribution in [0.4, 0.5) is 17.5 Å². The van der Waals surface area contributed by atoms with Crippen LogP contribution in [0.2, 0.25) is 0 Å². The molecule has 0 saturated carbocycles. The number of anilines is 3. The minimum Gasteiger partial charge on any atom is -0.379 e. The van der Waals surface area contributed by atoms with Crippen LogP contribution in [-0.4, -0.2) is 64.1 Å². The maximum absolute atomic E-state index is 5.59. The molecule has 0 amide bonds. The quantitative estimate of drug-likeness (QED) is 0.664. The summed E-state index contributed by atoms with van der Waals surface area (Å²) in [5.41, 5.74) is 5.65. The Hall–Kier alpha value is -3.04. The highest BCUT2D eigenvalue weighted by atomic mass is 16.5. The van der Waals surface area contributed by atoms with Crippen LogP contribution < -0.4 is 15.5 Å². The lowest BCUT2D eigenvalue weighted by atomic mass is 9.95. The van der Waals surface area contributed by atoms with E-state index in [2.05, 4.69) is 41.3 Å². The highest BCUT2D eigenvalue weighted by Gasteiger charge is 2.28. The van der Waals surface area contributed by atoms with Gasteiger partial charge in [0.25, 0.3) is 0 Å². The van der Waals surface area contributed by atoms with Gasteiger partial charge in [-0.05, 0) is 37.0 Å². The number of hydrogen-bond acceptors (Lipinski definition) is 8. The molecule has 2 aliphatic heterocycles. The number of ether oxygens (including phenoxy) is 1. The van der Waals surface area contributed by atoms with Gasteiger partial charge in [0.1, 0.15) is 5.82 Å². The molecule has 0 unspecified atom stereocenters. The van der Waals surface area contributed by atoms with Crippen molar-refractivity contribution in [3.8, 4) is 11.4 Å².